The Bertz CT molecular complexity index is 1560. The topological polar surface area (TPSA) is 184 Å². The van der Waals surface area contributed by atoms with Crippen molar-refractivity contribution >= 4 is 70.6 Å². The van der Waals surface area contributed by atoms with Gasteiger partial charge in [0.05, 0.1) is 34.7 Å². The predicted molar refractivity (Wildman–Crippen MR) is 164 cm³/mol. The number of carbonyl (C=O) groups excluding carboxylic acids is 2. The van der Waals surface area contributed by atoms with E-state index < -0.39 is 0 Å². The molecular formula is C28H22Cl4CoN4O6+4. The molecule has 0 aromatic heterocycles. The van der Waals surface area contributed by atoms with Gasteiger partial charge < -0.3 is 20.4 Å². The van der Waals surface area contributed by atoms with Gasteiger partial charge in [0.15, 0.2) is 0 Å². The van der Waals surface area contributed by atoms with E-state index in [2.05, 4.69) is 21.1 Å². The molecule has 0 bridgehead atoms. The maximum absolute atomic E-state index is 11.5. The van der Waals surface area contributed by atoms with Gasteiger partial charge >= 0.3 is 28.6 Å². The molecule has 15 heteroatoms. The standard InChI is InChI=1S/2C14H10Cl2N2O3.Co/c2*15-9-5-8(13(20)11(16)6-9)7-17-18-14(21)10-3-1-2-4-12(10)19;/h2*1-7,19-20H,(H,18,21);/q;;+2/p+2. The quantitative estimate of drug-likeness (QED) is 0.175. The Kier molecular flexibility index (Phi) is 13.6. The van der Waals surface area contributed by atoms with Crippen molar-refractivity contribution in [3.05, 3.63) is 115 Å². The third-order valence-corrected chi connectivity index (χ3v) is 6.24. The molecule has 0 aliphatic rings. The van der Waals surface area contributed by atoms with Crippen LogP contribution < -0.4 is 21.1 Å². The van der Waals surface area contributed by atoms with Crippen LogP contribution >= 0.6 is 46.4 Å². The van der Waals surface area contributed by atoms with Crippen molar-refractivity contribution in [1.82, 2.24) is 10.9 Å². The first-order chi connectivity index (χ1) is 20.0. The fourth-order valence-electron chi connectivity index (χ4n) is 3.16. The number of hydrogen-bond acceptors (Lipinski definition) is 4. The van der Waals surface area contributed by atoms with Gasteiger partial charge in [0.2, 0.25) is 0 Å². The number of nitrogens with zero attached hydrogens (tertiary/aromatic N) is 2. The molecule has 10 nitrogen and oxygen atoms in total. The van der Waals surface area contributed by atoms with Crippen molar-refractivity contribution in [2.24, 2.45) is 10.2 Å². The molecular weight excluding hydrogens is 689 g/mol. The fourth-order valence-corrected chi connectivity index (χ4v) is 4.18. The van der Waals surface area contributed by atoms with Crippen LogP contribution in [0.5, 0.6) is 23.0 Å². The van der Waals surface area contributed by atoms with Gasteiger partial charge in [0.1, 0.15) is 10.0 Å². The molecule has 0 atom stereocenters. The Hall–Kier alpha value is -3.97. The minimum Gasteiger partial charge on any atom is -0.872 e. The van der Waals surface area contributed by atoms with Gasteiger partial charge in [0, 0.05) is 10.0 Å². The van der Waals surface area contributed by atoms with Gasteiger partial charge in [-0.3, -0.25) is 9.59 Å². The summed E-state index contributed by atoms with van der Waals surface area (Å²) < 4.78 is 0. The fraction of sp³-hybridized carbons (Fsp3) is 0. The Labute approximate surface area is 275 Å². The number of hydrazone groups is 2. The zero-order chi connectivity index (χ0) is 30.8. The molecule has 0 unspecified atom stereocenters. The van der Waals surface area contributed by atoms with Gasteiger partial charge in [-0.05, 0) is 36.4 Å². The summed E-state index contributed by atoms with van der Waals surface area (Å²) in [5.74, 6) is -1.28. The number of rotatable bonds is 6. The van der Waals surface area contributed by atoms with Crippen molar-refractivity contribution in [1.29, 1.82) is 0 Å². The predicted octanol–water partition coefficient (Wildman–Crippen LogP) is 3.96. The van der Waals surface area contributed by atoms with Gasteiger partial charge in [0.25, 0.3) is 11.5 Å². The van der Waals surface area contributed by atoms with E-state index in [4.69, 9.17) is 56.6 Å². The van der Waals surface area contributed by atoms with E-state index in [0.29, 0.717) is 21.2 Å². The molecule has 8 N–H and O–H groups in total. The normalized spacial score (nSPS) is 10.5. The molecule has 0 aliphatic heterocycles. The number of benzene rings is 4. The molecule has 1 radical (unpaired) electrons. The van der Waals surface area contributed by atoms with Gasteiger partial charge in [-0.1, -0.05) is 94.3 Å². The number of hydrogen-bond donors (Lipinski definition) is 2. The Morgan fingerprint density at radius 1 is 0.651 bits per heavy atom. The third-order valence-electron chi connectivity index (χ3n) is 5.20. The van der Waals surface area contributed by atoms with Crippen LogP contribution in [-0.2, 0) is 16.8 Å². The van der Waals surface area contributed by atoms with E-state index >= 15 is 0 Å². The second kappa shape index (κ2) is 16.6. The summed E-state index contributed by atoms with van der Waals surface area (Å²) in [7, 11) is 0. The van der Waals surface area contributed by atoms with Crippen LogP contribution in [0.4, 0.5) is 0 Å². The van der Waals surface area contributed by atoms with E-state index in [-0.39, 0.29) is 72.8 Å². The summed E-state index contributed by atoms with van der Waals surface area (Å²) in [6.45, 7) is 0. The number of para-hydroxylation sites is 2. The molecule has 43 heavy (non-hydrogen) atoms. The number of amides is 2. The van der Waals surface area contributed by atoms with Crippen LogP contribution in [0.3, 0.4) is 0 Å². The first kappa shape index (κ1) is 35.2. The monoisotopic (exact) mass is 709 g/mol. The van der Waals surface area contributed by atoms with Crippen molar-refractivity contribution in [2.75, 3.05) is 0 Å². The zero-order valence-electron chi connectivity index (χ0n) is 21.5. The van der Waals surface area contributed by atoms with Crippen LogP contribution in [0.2, 0.25) is 20.1 Å². The molecule has 0 spiro atoms. The van der Waals surface area contributed by atoms with Crippen LogP contribution in [0.1, 0.15) is 22.3 Å². The largest absolute Gasteiger partial charge is 2.00 e. The smallest absolute Gasteiger partial charge is 0.872 e. The third kappa shape index (κ3) is 10.1. The molecule has 4 aromatic carbocycles. The summed E-state index contributed by atoms with van der Waals surface area (Å²) in [6, 6.07) is 17.9. The van der Waals surface area contributed by atoms with Crippen LogP contribution in [0, 0.1) is 0 Å². The minimum atomic E-state index is -0.378. The van der Waals surface area contributed by atoms with Crippen LogP contribution in [0.25, 0.3) is 0 Å². The molecule has 0 saturated heterocycles. The molecule has 0 fully saturated rings. The second-order valence-corrected chi connectivity index (χ2v) is 9.82. The summed E-state index contributed by atoms with van der Waals surface area (Å²) in [5.41, 5.74) is 5.61. The van der Waals surface area contributed by atoms with E-state index in [1.54, 1.807) is 24.3 Å². The summed E-state index contributed by atoms with van der Waals surface area (Å²) in [5, 5.41) is 47.2. The van der Waals surface area contributed by atoms with Crippen LogP contribution in [-0.4, -0.2) is 44.0 Å². The average Bonchev–Trinajstić information content (AvgIpc) is 2.94. The minimum absolute atomic E-state index is 0. The molecule has 0 saturated carbocycles. The maximum atomic E-state index is 11.5. The summed E-state index contributed by atoms with van der Waals surface area (Å²) >= 11 is 23.3. The molecule has 2 amide bonds. The van der Waals surface area contributed by atoms with Crippen molar-refractivity contribution in [3.8, 4) is 23.0 Å². The molecule has 4 rings (SSSR count). The molecule has 0 heterocycles. The van der Waals surface area contributed by atoms with Crippen molar-refractivity contribution in [3.63, 3.8) is 0 Å². The number of nitrogens with one attached hydrogen (secondary N) is 2. The second-order valence-electron chi connectivity index (χ2n) is 8.13. The van der Waals surface area contributed by atoms with Crippen molar-refractivity contribution < 1.29 is 46.8 Å². The van der Waals surface area contributed by atoms with E-state index in [9.17, 15) is 19.8 Å². The first-order valence-corrected chi connectivity index (χ1v) is 13.1. The van der Waals surface area contributed by atoms with E-state index in [1.807, 2.05) is 0 Å². The van der Waals surface area contributed by atoms with Gasteiger partial charge in [-0.25, -0.2) is 0 Å². The van der Waals surface area contributed by atoms with Gasteiger partial charge in [-0.15, -0.1) is 0 Å². The van der Waals surface area contributed by atoms with Gasteiger partial charge in [-0.2, -0.15) is 21.1 Å². The Balaban J connectivity index is 0.000000293. The zero-order valence-corrected chi connectivity index (χ0v) is 25.6. The Morgan fingerprint density at radius 2 is 1.00 bits per heavy atom. The Morgan fingerprint density at radius 3 is 1.35 bits per heavy atom. The molecule has 223 valence electrons. The average molecular weight is 711 g/mol. The maximum Gasteiger partial charge on any atom is 2.00 e. The van der Waals surface area contributed by atoms with E-state index in [0.717, 1.165) is 0 Å². The van der Waals surface area contributed by atoms with E-state index in [1.165, 1.54) is 61.0 Å². The van der Waals surface area contributed by atoms with Crippen molar-refractivity contribution in [2.45, 2.75) is 0 Å². The van der Waals surface area contributed by atoms with Crippen LogP contribution in [0.15, 0.2) is 83.0 Å². The molecule has 4 aromatic rings. The SMILES string of the molecule is [Co+2].[O-]c1ccccc1C(=[OH+])NN=Cc1cc(Cl)cc(Cl)c1[OH2+].[O-]c1ccccc1C(=[OH+])NN=Cc1cc(Cl)cc(Cl)c1[OH2+]. The first-order valence-electron chi connectivity index (χ1n) is 11.6. The molecule has 0 aliphatic carbocycles. The summed E-state index contributed by atoms with van der Waals surface area (Å²) in [4.78, 5) is 19.5. The summed E-state index contributed by atoms with van der Waals surface area (Å²) in [6.07, 6.45) is 2.56. The number of halogens is 4.